The maximum absolute atomic E-state index is 12.3. The largest absolute Gasteiger partial charge is 0.491 e. The Morgan fingerprint density at radius 3 is 2.62 bits per heavy atom. The van der Waals surface area contributed by atoms with E-state index in [1.165, 1.54) is 6.08 Å². The van der Waals surface area contributed by atoms with Gasteiger partial charge in [0.25, 0.3) is 0 Å². The van der Waals surface area contributed by atoms with Gasteiger partial charge in [0.05, 0.1) is 18.2 Å². The lowest BCUT2D eigenvalue weighted by Crippen LogP contribution is -2.17. The molecule has 0 aliphatic heterocycles. The molecule has 1 atom stereocenters. The maximum atomic E-state index is 12.3. The quantitative estimate of drug-likeness (QED) is 0.555. The van der Waals surface area contributed by atoms with E-state index in [0.717, 1.165) is 6.08 Å². The van der Waals surface area contributed by atoms with Crippen LogP contribution in [0.3, 0.4) is 0 Å². The SMILES string of the molecule is N#Cc1ccc(NC(=O)O[C@@H](C/C=C/C(=O)O)c2cccc(OCCO)c2)cc1. The predicted octanol–water partition coefficient (Wildman–Crippen LogP) is 3.25. The summed E-state index contributed by atoms with van der Waals surface area (Å²) in [6.07, 6.45) is 1.01. The topological polar surface area (TPSA) is 129 Å². The Bertz CT molecular complexity index is 902. The standard InChI is InChI=1S/C21H20N2O6/c22-14-15-7-9-17(10-8-15)23-21(27)29-19(5-2-6-20(25)26)16-3-1-4-18(13-16)28-12-11-24/h1-4,6-10,13,19,24H,5,11-12H2,(H,23,27)(H,25,26)/b6-2+/t19-/m0/s1. The number of aliphatic hydroxyl groups is 1. The van der Waals surface area contributed by atoms with Crippen LogP contribution in [-0.2, 0) is 9.53 Å². The van der Waals surface area contributed by atoms with Crippen LogP contribution in [0.15, 0.2) is 60.7 Å². The molecule has 150 valence electrons. The van der Waals surface area contributed by atoms with Gasteiger partial charge in [-0.3, -0.25) is 5.32 Å². The van der Waals surface area contributed by atoms with Crippen molar-refractivity contribution in [3.8, 4) is 11.8 Å². The zero-order valence-corrected chi connectivity index (χ0v) is 15.4. The van der Waals surface area contributed by atoms with Crippen molar-refractivity contribution in [2.45, 2.75) is 12.5 Å². The summed E-state index contributed by atoms with van der Waals surface area (Å²) in [4.78, 5) is 23.0. The number of hydrogen-bond donors (Lipinski definition) is 3. The highest BCUT2D eigenvalue weighted by Crippen LogP contribution is 2.26. The van der Waals surface area contributed by atoms with Gasteiger partial charge < -0.3 is 19.7 Å². The Morgan fingerprint density at radius 1 is 1.21 bits per heavy atom. The number of nitriles is 1. The van der Waals surface area contributed by atoms with Crippen molar-refractivity contribution >= 4 is 17.7 Å². The summed E-state index contributed by atoms with van der Waals surface area (Å²) in [5.41, 5.74) is 1.51. The molecule has 0 radical (unpaired) electrons. The number of carbonyl (C=O) groups is 2. The Balaban J connectivity index is 2.13. The zero-order valence-electron chi connectivity index (χ0n) is 15.4. The van der Waals surface area contributed by atoms with Crippen molar-refractivity contribution in [1.82, 2.24) is 0 Å². The van der Waals surface area contributed by atoms with Gasteiger partial charge >= 0.3 is 12.1 Å². The third-order valence-corrected chi connectivity index (χ3v) is 3.71. The Labute approximate surface area is 167 Å². The fourth-order valence-corrected chi connectivity index (χ4v) is 2.42. The summed E-state index contributed by atoms with van der Waals surface area (Å²) in [7, 11) is 0. The van der Waals surface area contributed by atoms with Gasteiger partial charge in [-0.2, -0.15) is 5.26 Å². The van der Waals surface area contributed by atoms with E-state index in [0.29, 0.717) is 22.6 Å². The summed E-state index contributed by atoms with van der Waals surface area (Å²) in [5.74, 6) is -0.620. The molecule has 0 aromatic heterocycles. The van der Waals surface area contributed by atoms with E-state index in [1.807, 2.05) is 6.07 Å². The number of hydrogen-bond acceptors (Lipinski definition) is 6. The third-order valence-electron chi connectivity index (χ3n) is 3.71. The molecule has 0 saturated carbocycles. The molecule has 3 N–H and O–H groups in total. The van der Waals surface area contributed by atoms with Crippen LogP contribution in [0.4, 0.5) is 10.5 Å². The lowest BCUT2D eigenvalue weighted by molar-refractivity contribution is -0.131. The minimum absolute atomic E-state index is 0.118. The van der Waals surface area contributed by atoms with E-state index >= 15 is 0 Å². The molecule has 2 aromatic carbocycles. The highest BCUT2D eigenvalue weighted by Gasteiger charge is 2.17. The van der Waals surface area contributed by atoms with E-state index in [4.69, 9.17) is 24.9 Å². The summed E-state index contributed by atoms with van der Waals surface area (Å²) in [6.45, 7) is -0.0222. The molecule has 2 rings (SSSR count). The van der Waals surface area contributed by atoms with Crippen LogP contribution < -0.4 is 10.1 Å². The average Bonchev–Trinajstić information content (AvgIpc) is 2.72. The minimum atomic E-state index is -1.11. The fraction of sp³-hybridized carbons (Fsp3) is 0.190. The molecule has 0 fully saturated rings. The molecule has 1 amide bonds. The van der Waals surface area contributed by atoms with E-state index in [-0.39, 0.29) is 19.6 Å². The van der Waals surface area contributed by atoms with Gasteiger partial charge in [0, 0.05) is 18.2 Å². The minimum Gasteiger partial charge on any atom is -0.491 e. The van der Waals surface area contributed by atoms with Gasteiger partial charge in [-0.1, -0.05) is 18.2 Å². The number of ether oxygens (including phenoxy) is 2. The molecule has 29 heavy (non-hydrogen) atoms. The molecule has 0 heterocycles. The van der Waals surface area contributed by atoms with Crippen LogP contribution in [0.2, 0.25) is 0 Å². The number of benzene rings is 2. The van der Waals surface area contributed by atoms with Gasteiger partial charge in [0.15, 0.2) is 0 Å². The van der Waals surface area contributed by atoms with E-state index < -0.39 is 18.2 Å². The summed E-state index contributed by atoms with van der Waals surface area (Å²) in [6, 6.07) is 15.0. The lowest BCUT2D eigenvalue weighted by Gasteiger charge is -2.18. The molecule has 0 aliphatic rings. The monoisotopic (exact) mass is 396 g/mol. The van der Waals surface area contributed by atoms with Crippen molar-refractivity contribution in [1.29, 1.82) is 5.26 Å². The van der Waals surface area contributed by atoms with Gasteiger partial charge in [-0.25, -0.2) is 9.59 Å². The van der Waals surface area contributed by atoms with Crippen molar-refractivity contribution < 1.29 is 29.3 Å². The van der Waals surface area contributed by atoms with E-state index in [2.05, 4.69) is 5.32 Å². The molecule has 2 aromatic rings. The molecular formula is C21H20N2O6. The number of amides is 1. The number of aliphatic hydroxyl groups excluding tert-OH is 1. The number of aliphatic carboxylic acids is 1. The first kappa shape index (κ1) is 21.5. The Hall–Kier alpha value is -3.83. The summed E-state index contributed by atoms with van der Waals surface area (Å²) < 4.78 is 10.8. The number of carboxylic acid groups (broad SMARTS) is 1. The molecule has 0 unspecified atom stereocenters. The van der Waals surface area contributed by atoms with Crippen LogP contribution in [0.5, 0.6) is 5.75 Å². The number of anilines is 1. The predicted molar refractivity (Wildman–Crippen MR) is 104 cm³/mol. The van der Waals surface area contributed by atoms with Crippen LogP contribution >= 0.6 is 0 Å². The van der Waals surface area contributed by atoms with Crippen molar-refractivity contribution in [3.63, 3.8) is 0 Å². The first-order chi connectivity index (χ1) is 14.0. The van der Waals surface area contributed by atoms with E-state index in [1.54, 1.807) is 48.5 Å². The van der Waals surface area contributed by atoms with E-state index in [9.17, 15) is 9.59 Å². The number of carboxylic acids is 1. The highest BCUT2D eigenvalue weighted by molar-refractivity contribution is 5.84. The maximum Gasteiger partial charge on any atom is 0.412 e. The second kappa shape index (κ2) is 11.1. The fourth-order valence-electron chi connectivity index (χ4n) is 2.42. The van der Waals surface area contributed by atoms with Crippen molar-refractivity contribution in [3.05, 3.63) is 71.8 Å². The highest BCUT2D eigenvalue weighted by atomic mass is 16.6. The third kappa shape index (κ3) is 7.36. The molecular weight excluding hydrogens is 376 g/mol. The van der Waals surface area contributed by atoms with Gasteiger partial charge in [-0.15, -0.1) is 0 Å². The van der Waals surface area contributed by atoms with Crippen LogP contribution in [-0.4, -0.2) is 35.5 Å². The smallest absolute Gasteiger partial charge is 0.412 e. The normalized spacial score (nSPS) is 11.4. The second-order valence-corrected chi connectivity index (χ2v) is 5.83. The average molecular weight is 396 g/mol. The molecule has 0 saturated heterocycles. The second-order valence-electron chi connectivity index (χ2n) is 5.83. The summed E-state index contributed by atoms with van der Waals surface area (Å²) >= 11 is 0. The molecule has 0 bridgehead atoms. The van der Waals surface area contributed by atoms with Crippen LogP contribution in [0.1, 0.15) is 23.7 Å². The zero-order chi connectivity index (χ0) is 21.1. The Kier molecular flexibility index (Phi) is 8.23. The number of carbonyl (C=O) groups excluding carboxylic acids is 1. The number of nitrogens with one attached hydrogen (secondary N) is 1. The number of rotatable bonds is 9. The molecule has 0 spiro atoms. The lowest BCUT2D eigenvalue weighted by atomic mass is 10.1. The molecule has 0 aliphatic carbocycles. The number of nitrogens with zero attached hydrogens (tertiary/aromatic N) is 1. The van der Waals surface area contributed by atoms with Crippen molar-refractivity contribution in [2.24, 2.45) is 0 Å². The summed E-state index contributed by atoms with van der Waals surface area (Å²) in [5, 5.41) is 29.1. The van der Waals surface area contributed by atoms with Crippen molar-refractivity contribution in [2.75, 3.05) is 18.5 Å². The Morgan fingerprint density at radius 2 is 1.97 bits per heavy atom. The van der Waals surface area contributed by atoms with Gasteiger partial charge in [-0.05, 0) is 42.0 Å². The van der Waals surface area contributed by atoms with Crippen LogP contribution in [0.25, 0.3) is 0 Å². The first-order valence-electron chi connectivity index (χ1n) is 8.72. The first-order valence-corrected chi connectivity index (χ1v) is 8.72. The van der Waals surface area contributed by atoms with Gasteiger partial charge in [0.1, 0.15) is 18.5 Å². The van der Waals surface area contributed by atoms with Gasteiger partial charge in [0.2, 0.25) is 0 Å². The molecule has 8 heteroatoms. The molecule has 8 nitrogen and oxygen atoms in total. The van der Waals surface area contributed by atoms with Crippen LogP contribution in [0, 0.1) is 11.3 Å².